The van der Waals surface area contributed by atoms with E-state index in [0.717, 1.165) is 0 Å². The first-order chi connectivity index (χ1) is 16.5. The lowest BCUT2D eigenvalue weighted by molar-refractivity contribution is -0.144. The van der Waals surface area contributed by atoms with Gasteiger partial charge in [0.15, 0.2) is 0 Å². The second-order valence-electron chi connectivity index (χ2n) is 8.81. The van der Waals surface area contributed by atoms with Gasteiger partial charge in [-0.25, -0.2) is 9.78 Å². The second-order valence-corrected chi connectivity index (χ2v) is 9.80. The minimum Gasteiger partial charge on any atom is -0.480 e. The molecule has 198 valence electrons. The molecule has 3 amide bonds. The molecule has 12 heteroatoms. The number of aromatic nitrogens is 2. The number of nitrogens with one attached hydrogen (secondary N) is 4. The maximum absolute atomic E-state index is 13.2. The molecule has 11 nitrogen and oxygen atoms in total. The van der Waals surface area contributed by atoms with Crippen molar-refractivity contribution in [2.24, 2.45) is 17.6 Å². The lowest BCUT2D eigenvalue weighted by Gasteiger charge is -2.29. The number of nitrogens with zero attached hydrogens (tertiary/aromatic N) is 1. The molecule has 0 aromatic carbocycles. The highest BCUT2D eigenvalue weighted by Crippen LogP contribution is 2.13. The van der Waals surface area contributed by atoms with Crippen molar-refractivity contribution in [2.45, 2.75) is 77.5 Å². The number of carbonyl (C=O) groups is 4. The number of aromatic amines is 1. The zero-order valence-electron chi connectivity index (χ0n) is 21.2. The van der Waals surface area contributed by atoms with Crippen LogP contribution in [-0.4, -0.2) is 74.9 Å². The zero-order valence-corrected chi connectivity index (χ0v) is 22.0. The summed E-state index contributed by atoms with van der Waals surface area (Å²) >= 11 is 1.52. The molecule has 1 aromatic heterocycles. The van der Waals surface area contributed by atoms with Crippen LogP contribution in [0, 0.1) is 11.8 Å². The minimum atomic E-state index is -1.13. The molecule has 35 heavy (non-hydrogen) atoms. The van der Waals surface area contributed by atoms with Crippen LogP contribution in [0.5, 0.6) is 0 Å². The third-order valence-corrected chi connectivity index (χ3v) is 6.79. The molecular weight excluding hydrogens is 472 g/mol. The molecule has 0 radical (unpaired) electrons. The largest absolute Gasteiger partial charge is 0.480 e. The monoisotopic (exact) mass is 512 g/mol. The van der Waals surface area contributed by atoms with Gasteiger partial charge in [-0.05, 0) is 30.3 Å². The minimum absolute atomic E-state index is 0.229. The Balaban J connectivity index is 2.96. The SMILES string of the molecule is CCC(C)C(NC(=O)C(NC(=O)C(CCSC)NC(=O)C(N)Cc1cnc[nH]1)C(C)CC)C(=O)O. The number of aliphatic carboxylic acids is 1. The Morgan fingerprint density at radius 2 is 1.63 bits per heavy atom. The molecule has 0 aliphatic carbocycles. The first kappa shape index (κ1) is 30.4. The fraction of sp³-hybridized carbons (Fsp3) is 0.696. The van der Waals surface area contributed by atoms with Crippen molar-refractivity contribution in [3.8, 4) is 0 Å². The summed E-state index contributed by atoms with van der Waals surface area (Å²) in [6, 6.07) is -3.80. The van der Waals surface area contributed by atoms with Gasteiger partial charge in [0.2, 0.25) is 17.7 Å². The summed E-state index contributed by atoms with van der Waals surface area (Å²) in [5.41, 5.74) is 6.71. The quantitative estimate of drug-likeness (QED) is 0.187. The van der Waals surface area contributed by atoms with Crippen LogP contribution in [0.15, 0.2) is 12.5 Å². The molecule has 6 unspecified atom stereocenters. The van der Waals surface area contributed by atoms with Crippen LogP contribution in [0.3, 0.4) is 0 Å². The Morgan fingerprint density at radius 3 is 2.14 bits per heavy atom. The highest BCUT2D eigenvalue weighted by Gasteiger charge is 2.34. The number of carboxylic acids is 1. The number of H-pyrrole nitrogens is 1. The van der Waals surface area contributed by atoms with Crippen LogP contribution in [-0.2, 0) is 25.6 Å². The van der Waals surface area contributed by atoms with Crippen LogP contribution in [0.4, 0.5) is 0 Å². The number of thioether (sulfide) groups is 1. The Kier molecular flexibility index (Phi) is 13.4. The number of carboxylic acid groups (broad SMARTS) is 1. The van der Waals surface area contributed by atoms with E-state index in [1.165, 1.54) is 18.1 Å². The van der Waals surface area contributed by atoms with Gasteiger partial charge >= 0.3 is 5.97 Å². The molecule has 1 rings (SSSR count). The predicted molar refractivity (Wildman–Crippen MR) is 136 cm³/mol. The first-order valence-electron chi connectivity index (χ1n) is 11.9. The van der Waals surface area contributed by atoms with E-state index in [-0.39, 0.29) is 18.3 Å². The molecule has 6 atom stereocenters. The molecule has 0 fully saturated rings. The van der Waals surface area contributed by atoms with Gasteiger partial charge in [-0.3, -0.25) is 14.4 Å². The predicted octanol–water partition coefficient (Wildman–Crippen LogP) is 0.664. The highest BCUT2D eigenvalue weighted by molar-refractivity contribution is 7.98. The van der Waals surface area contributed by atoms with Crippen molar-refractivity contribution < 1.29 is 24.3 Å². The van der Waals surface area contributed by atoms with Gasteiger partial charge in [-0.1, -0.05) is 40.5 Å². The van der Waals surface area contributed by atoms with Crippen LogP contribution in [0.2, 0.25) is 0 Å². The maximum Gasteiger partial charge on any atom is 0.326 e. The lowest BCUT2D eigenvalue weighted by Crippen LogP contribution is -2.59. The number of rotatable bonds is 16. The fourth-order valence-electron chi connectivity index (χ4n) is 3.39. The molecule has 7 N–H and O–H groups in total. The van der Waals surface area contributed by atoms with Crippen molar-refractivity contribution in [3.63, 3.8) is 0 Å². The number of hydrogen-bond donors (Lipinski definition) is 6. The summed E-state index contributed by atoms with van der Waals surface area (Å²) in [5.74, 6) is -2.64. The van der Waals surface area contributed by atoms with E-state index in [1.807, 2.05) is 20.1 Å². The van der Waals surface area contributed by atoms with Crippen LogP contribution < -0.4 is 21.7 Å². The van der Waals surface area contributed by atoms with Crippen molar-refractivity contribution in [1.29, 1.82) is 0 Å². The van der Waals surface area contributed by atoms with E-state index in [0.29, 0.717) is 30.7 Å². The molecule has 0 aliphatic heterocycles. The Hall–Kier alpha value is -2.60. The summed E-state index contributed by atoms with van der Waals surface area (Å²) in [6.07, 6.45) is 6.67. The van der Waals surface area contributed by atoms with Gasteiger partial charge in [0, 0.05) is 18.3 Å². The fourth-order valence-corrected chi connectivity index (χ4v) is 3.86. The normalized spacial score (nSPS) is 16.3. The lowest BCUT2D eigenvalue weighted by atomic mass is 9.95. The topological polar surface area (TPSA) is 179 Å². The molecule has 0 saturated carbocycles. The molecular formula is C23H40N6O5S. The summed E-state index contributed by atoms with van der Waals surface area (Å²) in [6.45, 7) is 7.27. The van der Waals surface area contributed by atoms with E-state index in [9.17, 15) is 24.3 Å². The Bertz CT molecular complexity index is 821. The van der Waals surface area contributed by atoms with Gasteiger partial charge in [0.25, 0.3) is 0 Å². The van der Waals surface area contributed by atoms with Gasteiger partial charge in [0.1, 0.15) is 18.1 Å². The summed E-state index contributed by atoms with van der Waals surface area (Å²) in [4.78, 5) is 57.4. The average Bonchev–Trinajstić information content (AvgIpc) is 3.34. The zero-order chi connectivity index (χ0) is 26.5. The van der Waals surface area contributed by atoms with Crippen LogP contribution in [0.1, 0.15) is 52.7 Å². The number of imidazole rings is 1. The van der Waals surface area contributed by atoms with Crippen molar-refractivity contribution in [3.05, 3.63) is 18.2 Å². The summed E-state index contributed by atoms with van der Waals surface area (Å²) < 4.78 is 0. The molecule has 0 spiro atoms. The number of hydrogen-bond acceptors (Lipinski definition) is 7. The highest BCUT2D eigenvalue weighted by atomic mass is 32.2. The van der Waals surface area contributed by atoms with Crippen molar-refractivity contribution in [2.75, 3.05) is 12.0 Å². The van der Waals surface area contributed by atoms with Gasteiger partial charge < -0.3 is 31.8 Å². The van der Waals surface area contributed by atoms with Crippen LogP contribution in [0.25, 0.3) is 0 Å². The smallest absolute Gasteiger partial charge is 0.326 e. The average molecular weight is 513 g/mol. The van der Waals surface area contributed by atoms with Gasteiger partial charge in [0.05, 0.1) is 12.4 Å². The number of nitrogens with two attached hydrogens (primary N) is 1. The van der Waals surface area contributed by atoms with Crippen molar-refractivity contribution >= 4 is 35.5 Å². The van der Waals surface area contributed by atoms with E-state index < -0.39 is 47.9 Å². The van der Waals surface area contributed by atoms with E-state index in [1.54, 1.807) is 20.0 Å². The number of carbonyl (C=O) groups excluding carboxylic acids is 3. The summed E-state index contributed by atoms with van der Waals surface area (Å²) in [5, 5.41) is 17.6. The second kappa shape index (κ2) is 15.4. The van der Waals surface area contributed by atoms with Crippen LogP contribution >= 0.6 is 11.8 Å². The molecule has 0 bridgehead atoms. The maximum atomic E-state index is 13.2. The third kappa shape index (κ3) is 9.88. The van der Waals surface area contributed by atoms with E-state index >= 15 is 0 Å². The molecule has 1 aromatic rings. The summed E-state index contributed by atoms with van der Waals surface area (Å²) in [7, 11) is 0. The van der Waals surface area contributed by atoms with Gasteiger partial charge in [-0.2, -0.15) is 11.8 Å². The van der Waals surface area contributed by atoms with Gasteiger partial charge in [-0.15, -0.1) is 0 Å². The Morgan fingerprint density at radius 1 is 1.03 bits per heavy atom. The van der Waals surface area contributed by atoms with E-state index in [2.05, 4.69) is 25.9 Å². The third-order valence-electron chi connectivity index (χ3n) is 6.15. The Labute approximate surface area is 211 Å². The molecule has 1 heterocycles. The molecule has 0 saturated heterocycles. The van der Waals surface area contributed by atoms with E-state index in [4.69, 9.17) is 5.73 Å². The van der Waals surface area contributed by atoms with Crippen molar-refractivity contribution in [1.82, 2.24) is 25.9 Å². The molecule has 0 aliphatic rings. The first-order valence-corrected chi connectivity index (χ1v) is 13.3. The standard InChI is InChI=1S/C23H40N6O5S/c1-6-13(3)18(22(32)29-19(23(33)34)14(4)7-2)28-21(31)17(8-9-35-5)27-20(30)16(24)10-15-11-25-12-26-15/h11-14,16-19H,6-10,24H2,1-5H3,(H,25,26)(H,27,30)(H,28,31)(H,29,32)(H,33,34). The number of amides is 3.